The second kappa shape index (κ2) is 8.77. The van der Waals surface area contributed by atoms with Crippen LogP contribution in [0.2, 0.25) is 0 Å². The number of hydrogen-bond acceptors (Lipinski definition) is 4. The molecule has 108 valence electrons. The van der Waals surface area contributed by atoms with Gasteiger partial charge in [0.1, 0.15) is 5.75 Å². The summed E-state index contributed by atoms with van der Waals surface area (Å²) in [4.78, 5) is 0. The van der Waals surface area contributed by atoms with E-state index in [1.54, 1.807) is 7.11 Å². The number of anilines is 1. The van der Waals surface area contributed by atoms with Gasteiger partial charge < -0.3 is 20.5 Å². The van der Waals surface area contributed by atoms with Gasteiger partial charge in [0.15, 0.2) is 0 Å². The number of benzene rings is 1. The molecule has 1 atom stereocenters. The Hall–Kier alpha value is -1.26. The van der Waals surface area contributed by atoms with Crippen molar-refractivity contribution in [2.24, 2.45) is 0 Å². The molecule has 0 fully saturated rings. The van der Waals surface area contributed by atoms with Crippen LogP contribution in [-0.2, 0) is 11.2 Å². The molecule has 0 aliphatic carbocycles. The lowest BCUT2D eigenvalue weighted by atomic mass is 10.1. The van der Waals surface area contributed by atoms with Crippen molar-refractivity contribution in [3.05, 3.63) is 23.8 Å². The van der Waals surface area contributed by atoms with E-state index in [1.807, 2.05) is 19.1 Å². The first-order valence-electron chi connectivity index (χ1n) is 6.90. The van der Waals surface area contributed by atoms with Gasteiger partial charge >= 0.3 is 0 Å². The predicted octanol–water partition coefficient (Wildman–Crippen LogP) is 2.22. The fourth-order valence-electron chi connectivity index (χ4n) is 2.00. The molecule has 0 radical (unpaired) electrons. The Morgan fingerprint density at radius 2 is 2.16 bits per heavy atom. The third kappa shape index (κ3) is 5.94. The van der Waals surface area contributed by atoms with Gasteiger partial charge in [0.05, 0.1) is 12.3 Å². The van der Waals surface area contributed by atoms with Crippen molar-refractivity contribution in [1.82, 2.24) is 5.32 Å². The summed E-state index contributed by atoms with van der Waals surface area (Å²) < 4.78 is 10.5. The van der Waals surface area contributed by atoms with E-state index in [1.165, 1.54) is 5.56 Å². The van der Waals surface area contributed by atoms with E-state index in [-0.39, 0.29) is 0 Å². The van der Waals surface area contributed by atoms with Crippen molar-refractivity contribution < 1.29 is 9.47 Å². The second-order valence-electron chi connectivity index (χ2n) is 4.71. The summed E-state index contributed by atoms with van der Waals surface area (Å²) in [6, 6.07) is 6.45. The molecule has 0 saturated heterocycles. The normalized spacial score (nSPS) is 12.4. The van der Waals surface area contributed by atoms with E-state index in [0.29, 0.717) is 18.3 Å². The van der Waals surface area contributed by atoms with Crippen LogP contribution in [0.4, 0.5) is 5.69 Å². The minimum absolute atomic E-state index is 0.425. The standard InChI is InChI=1S/C15H26N2O2/c1-4-19-15-7-6-13(11-14(15)16)10-12(2)17-8-5-9-18-3/h6-7,11-12,17H,4-5,8-10,16H2,1-3H3. The Labute approximate surface area is 116 Å². The molecule has 0 spiro atoms. The third-order valence-corrected chi connectivity index (χ3v) is 2.93. The Kier molecular flexibility index (Phi) is 7.30. The average Bonchev–Trinajstić information content (AvgIpc) is 2.38. The first-order chi connectivity index (χ1) is 9.17. The van der Waals surface area contributed by atoms with Crippen molar-refractivity contribution in [2.45, 2.75) is 32.7 Å². The summed E-state index contributed by atoms with van der Waals surface area (Å²) in [6.45, 7) is 6.55. The van der Waals surface area contributed by atoms with Crippen LogP contribution in [0.5, 0.6) is 5.75 Å². The van der Waals surface area contributed by atoms with Crippen molar-refractivity contribution in [2.75, 3.05) is 32.6 Å². The van der Waals surface area contributed by atoms with Gasteiger partial charge in [0.25, 0.3) is 0 Å². The molecule has 0 aliphatic heterocycles. The molecule has 0 bridgehead atoms. The molecule has 4 nitrogen and oxygen atoms in total. The Bertz CT molecular complexity index is 369. The highest BCUT2D eigenvalue weighted by Crippen LogP contribution is 2.23. The van der Waals surface area contributed by atoms with Crippen molar-refractivity contribution in [3.63, 3.8) is 0 Å². The van der Waals surface area contributed by atoms with Crippen LogP contribution < -0.4 is 15.8 Å². The van der Waals surface area contributed by atoms with Gasteiger partial charge in [-0.2, -0.15) is 0 Å². The summed E-state index contributed by atoms with van der Waals surface area (Å²) in [5.41, 5.74) is 7.90. The largest absolute Gasteiger partial charge is 0.492 e. The fraction of sp³-hybridized carbons (Fsp3) is 0.600. The quantitative estimate of drug-likeness (QED) is 0.531. The van der Waals surface area contributed by atoms with Crippen molar-refractivity contribution in [3.8, 4) is 5.75 Å². The van der Waals surface area contributed by atoms with Crippen LogP contribution in [0.1, 0.15) is 25.8 Å². The molecule has 0 saturated carbocycles. The van der Waals surface area contributed by atoms with Crippen LogP contribution in [0, 0.1) is 0 Å². The number of nitrogen functional groups attached to an aromatic ring is 1. The minimum Gasteiger partial charge on any atom is -0.492 e. The summed E-state index contributed by atoms with van der Waals surface area (Å²) in [7, 11) is 1.73. The van der Waals surface area contributed by atoms with Gasteiger partial charge in [-0.15, -0.1) is 0 Å². The fourth-order valence-corrected chi connectivity index (χ4v) is 2.00. The first kappa shape index (κ1) is 15.8. The average molecular weight is 266 g/mol. The zero-order valence-electron chi connectivity index (χ0n) is 12.2. The van der Waals surface area contributed by atoms with Crippen molar-refractivity contribution >= 4 is 5.69 Å². The summed E-state index contributed by atoms with van der Waals surface area (Å²) in [5, 5.41) is 3.47. The highest BCUT2D eigenvalue weighted by molar-refractivity contribution is 5.54. The van der Waals surface area contributed by atoms with Gasteiger partial charge in [-0.05, 0) is 50.9 Å². The molecule has 0 heterocycles. The van der Waals surface area contributed by atoms with E-state index in [0.717, 1.165) is 31.7 Å². The van der Waals surface area contributed by atoms with E-state index >= 15 is 0 Å². The molecule has 1 unspecified atom stereocenters. The highest BCUT2D eigenvalue weighted by atomic mass is 16.5. The minimum atomic E-state index is 0.425. The number of hydrogen-bond donors (Lipinski definition) is 2. The van der Waals surface area contributed by atoms with Gasteiger partial charge in [0.2, 0.25) is 0 Å². The first-order valence-corrected chi connectivity index (χ1v) is 6.90. The zero-order valence-corrected chi connectivity index (χ0v) is 12.2. The molecule has 0 aliphatic rings. The van der Waals surface area contributed by atoms with E-state index < -0.39 is 0 Å². The van der Waals surface area contributed by atoms with Gasteiger partial charge in [0, 0.05) is 19.8 Å². The van der Waals surface area contributed by atoms with Crippen LogP contribution in [0.15, 0.2) is 18.2 Å². The smallest absolute Gasteiger partial charge is 0.142 e. The van der Waals surface area contributed by atoms with Gasteiger partial charge in [-0.25, -0.2) is 0 Å². The monoisotopic (exact) mass is 266 g/mol. The Morgan fingerprint density at radius 1 is 1.37 bits per heavy atom. The number of ether oxygens (including phenoxy) is 2. The molecule has 1 aromatic rings. The summed E-state index contributed by atoms with van der Waals surface area (Å²) in [6.07, 6.45) is 2.00. The Morgan fingerprint density at radius 3 is 2.79 bits per heavy atom. The molecular weight excluding hydrogens is 240 g/mol. The summed E-state index contributed by atoms with van der Waals surface area (Å²) in [5.74, 6) is 0.770. The summed E-state index contributed by atoms with van der Waals surface area (Å²) >= 11 is 0. The van der Waals surface area contributed by atoms with E-state index in [2.05, 4.69) is 18.3 Å². The maximum Gasteiger partial charge on any atom is 0.142 e. The van der Waals surface area contributed by atoms with Crippen LogP contribution >= 0.6 is 0 Å². The molecule has 19 heavy (non-hydrogen) atoms. The topological polar surface area (TPSA) is 56.5 Å². The maximum atomic E-state index is 5.96. The highest BCUT2D eigenvalue weighted by Gasteiger charge is 2.06. The molecule has 0 aromatic heterocycles. The molecule has 1 aromatic carbocycles. The van der Waals surface area contributed by atoms with Gasteiger partial charge in [-0.3, -0.25) is 0 Å². The van der Waals surface area contributed by atoms with Crippen molar-refractivity contribution in [1.29, 1.82) is 0 Å². The lowest BCUT2D eigenvalue weighted by molar-refractivity contribution is 0.193. The molecular formula is C15H26N2O2. The zero-order chi connectivity index (χ0) is 14.1. The van der Waals surface area contributed by atoms with Crippen LogP contribution in [0.25, 0.3) is 0 Å². The second-order valence-corrected chi connectivity index (χ2v) is 4.71. The molecule has 4 heteroatoms. The molecule has 1 rings (SSSR count). The molecule has 0 amide bonds. The Balaban J connectivity index is 2.41. The number of nitrogens with two attached hydrogens (primary N) is 1. The van der Waals surface area contributed by atoms with Gasteiger partial charge in [-0.1, -0.05) is 6.07 Å². The predicted molar refractivity (Wildman–Crippen MR) is 79.7 cm³/mol. The number of rotatable bonds is 9. The molecule has 3 N–H and O–H groups in total. The maximum absolute atomic E-state index is 5.96. The third-order valence-electron chi connectivity index (χ3n) is 2.93. The van der Waals surface area contributed by atoms with E-state index in [9.17, 15) is 0 Å². The number of nitrogens with one attached hydrogen (secondary N) is 1. The van der Waals surface area contributed by atoms with Crippen LogP contribution in [0.3, 0.4) is 0 Å². The van der Waals surface area contributed by atoms with E-state index in [4.69, 9.17) is 15.2 Å². The SMILES string of the molecule is CCOc1ccc(CC(C)NCCCOC)cc1N. The lowest BCUT2D eigenvalue weighted by Crippen LogP contribution is -2.29. The lowest BCUT2D eigenvalue weighted by Gasteiger charge is -2.15. The van der Waals surface area contributed by atoms with Crippen LogP contribution in [-0.4, -0.2) is 32.9 Å². The number of methoxy groups -OCH3 is 1.